The number of aromatic nitrogens is 2. The second-order valence-electron chi connectivity index (χ2n) is 6.01. The lowest BCUT2D eigenvalue weighted by Gasteiger charge is -2.17. The topological polar surface area (TPSA) is 44.1 Å². The van der Waals surface area contributed by atoms with Crippen molar-refractivity contribution in [2.45, 2.75) is 84.3 Å². The van der Waals surface area contributed by atoms with E-state index < -0.39 is 0 Å². The third kappa shape index (κ3) is 8.98. The van der Waals surface area contributed by atoms with Gasteiger partial charge in [-0.2, -0.15) is 0 Å². The highest BCUT2D eigenvalue weighted by atomic mass is 16.5. The van der Waals surface area contributed by atoms with E-state index in [-0.39, 0.29) is 18.5 Å². The van der Waals surface area contributed by atoms with Crippen molar-refractivity contribution in [1.29, 1.82) is 0 Å². The van der Waals surface area contributed by atoms with Crippen molar-refractivity contribution in [3.63, 3.8) is 0 Å². The molecule has 0 aliphatic carbocycles. The fraction of sp³-hybridized carbons (Fsp3) is 0.778. The zero-order valence-electron chi connectivity index (χ0n) is 14.3. The number of rotatable bonds is 14. The van der Waals surface area contributed by atoms with Crippen LogP contribution in [0.5, 0.6) is 0 Å². The molecule has 0 aliphatic rings. The first-order chi connectivity index (χ1) is 10.8. The van der Waals surface area contributed by atoms with Crippen LogP contribution < -0.4 is 0 Å². The summed E-state index contributed by atoms with van der Waals surface area (Å²) in [6.45, 7) is 5.54. The van der Waals surface area contributed by atoms with Crippen LogP contribution in [0.4, 0.5) is 0 Å². The molecule has 0 fully saturated rings. The second kappa shape index (κ2) is 12.4. The van der Waals surface area contributed by atoms with Gasteiger partial charge in [-0.3, -0.25) is 4.79 Å². The number of imidazole rings is 1. The Hall–Kier alpha value is -1.16. The number of carbonyl (C=O) groups is 1. The first-order valence-corrected chi connectivity index (χ1v) is 8.85. The van der Waals surface area contributed by atoms with E-state index in [0.717, 1.165) is 25.8 Å². The molecule has 0 saturated heterocycles. The number of aryl methyl sites for hydroxylation is 1. The first kappa shape index (κ1) is 18.9. The Morgan fingerprint density at radius 3 is 2.59 bits per heavy atom. The Kier molecular flexibility index (Phi) is 10.6. The summed E-state index contributed by atoms with van der Waals surface area (Å²) in [7, 11) is 0. The molecule has 1 unspecified atom stereocenters. The zero-order valence-corrected chi connectivity index (χ0v) is 14.3. The maximum Gasteiger partial charge on any atom is 0.158 e. The SMILES string of the molecule is CCCCCC(CCCC)OCC(=O)CCCn1ccnc1. The summed E-state index contributed by atoms with van der Waals surface area (Å²) in [5.41, 5.74) is 0. The van der Waals surface area contributed by atoms with E-state index in [4.69, 9.17) is 4.74 Å². The van der Waals surface area contributed by atoms with Crippen molar-refractivity contribution in [2.24, 2.45) is 0 Å². The highest BCUT2D eigenvalue weighted by molar-refractivity contribution is 5.79. The Bertz CT molecular complexity index is 376. The quantitative estimate of drug-likeness (QED) is 0.479. The van der Waals surface area contributed by atoms with Gasteiger partial charge >= 0.3 is 0 Å². The third-order valence-electron chi connectivity index (χ3n) is 3.92. The predicted octanol–water partition coefficient (Wildman–Crippen LogP) is 4.39. The molecule has 1 heterocycles. The van der Waals surface area contributed by atoms with Gasteiger partial charge in [0.1, 0.15) is 6.61 Å². The lowest BCUT2D eigenvalue weighted by molar-refractivity contribution is -0.126. The number of hydrogen-bond donors (Lipinski definition) is 0. The number of ether oxygens (including phenoxy) is 1. The summed E-state index contributed by atoms with van der Waals surface area (Å²) in [5.74, 6) is 0.220. The van der Waals surface area contributed by atoms with Gasteiger partial charge in [0.05, 0.1) is 12.4 Å². The summed E-state index contributed by atoms with van der Waals surface area (Å²) in [5, 5.41) is 0. The lowest BCUT2D eigenvalue weighted by Crippen LogP contribution is -2.19. The summed E-state index contributed by atoms with van der Waals surface area (Å²) in [6.07, 6.45) is 15.4. The molecular formula is C18H32N2O2. The predicted molar refractivity (Wildman–Crippen MR) is 89.9 cm³/mol. The van der Waals surface area contributed by atoms with Gasteiger partial charge in [-0.25, -0.2) is 4.98 Å². The van der Waals surface area contributed by atoms with Crippen molar-refractivity contribution >= 4 is 5.78 Å². The Balaban J connectivity index is 2.16. The minimum atomic E-state index is 0.220. The van der Waals surface area contributed by atoms with Gasteiger partial charge < -0.3 is 9.30 Å². The molecule has 1 atom stereocenters. The number of ketones is 1. The van der Waals surface area contributed by atoms with Crippen molar-refractivity contribution in [2.75, 3.05) is 6.61 Å². The van der Waals surface area contributed by atoms with Crippen LogP contribution in [-0.2, 0) is 16.1 Å². The van der Waals surface area contributed by atoms with Crippen LogP contribution in [0.2, 0.25) is 0 Å². The molecule has 4 nitrogen and oxygen atoms in total. The summed E-state index contributed by atoms with van der Waals surface area (Å²) < 4.78 is 7.87. The molecule has 1 rings (SSSR count). The molecule has 0 radical (unpaired) electrons. The molecule has 22 heavy (non-hydrogen) atoms. The first-order valence-electron chi connectivity index (χ1n) is 8.85. The van der Waals surface area contributed by atoms with Gasteiger partial charge in [0.2, 0.25) is 0 Å². The van der Waals surface area contributed by atoms with Crippen LogP contribution in [0.25, 0.3) is 0 Å². The standard InChI is InChI=1S/C18H32N2O2/c1-3-5-7-11-18(10-6-4-2)22-15-17(21)9-8-13-20-14-12-19-16-20/h12,14,16,18H,3-11,13,15H2,1-2H3. The van der Waals surface area contributed by atoms with Crippen LogP contribution >= 0.6 is 0 Å². The Morgan fingerprint density at radius 1 is 1.14 bits per heavy atom. The van der Waals surface area contributed by atoms with Crippen molar-refractivity contribution in [3.05, 3.63) is 18.7 Å². The minimum absolute atomic E-state index is 0.220. The van der Waals surface area contributed by atoms with E-state index >= 15 is 0 Å². The van der Waals surface area contributed by atoms with Gasteiger partial charge in [0, 0.05) is 25.4 Å². The fourth-order valence-corrected chi connectivity index (χ4v) is 2.53. The maximum atomic E-state index is 11.9. The van der Waals surface area contributed by atoms with E-state index in [0.29, 0.717) is 6.42 Å². The van der Waals surface area contributed by atoms with Gasteiger partial charge in [-0.15, -0.1) is 0 Å². The molecule has 0 amide bonds. The van der Waals surface area contributed by atoms with Crippen LogP contribution in [0.1, 0.15) is 71.6 Å². The number of nitrogens with zero attached hydrogens (tertiary/aromatic N) is 2. The van der Waals surface area contributed by atoms with Gasteiger partial charge in [-0.05, 0) is 19.3 Å². The largest absolute Gasteiger partial charge is 0.370 e. The smallest absolute Gasteiger partial charge is 0.158 e. The molecule has 0 saturated carbocycles. The molecule has 0 aliphatic heterocycles. The van der Waals surface area contributed by atoms with E-state index in [9.17, 15) is 4.79 Å². The molecule has 0 aromatic carbocycles. The number of carbonyl (C=O) groups excluding carboxylic acids is 1. The summed E-state index contributed by atoms with van der Waals surface area (Å²) in [6, 6.07) is 0. The van der Waals surface area contributed by atoms with Crippen LogP contribution in [0.15, 0.2) is 18.7 Å². The molecule has 0 spiro atoms. The number of hydrogen-bond acceptors (Lipinski definition) is 3. The minimum Gasteiger partial charge on any atom is -0.370 e. The van der Waals surface area contributed by atoms with Crippen molar-refractivity contribution in [3.8, 4) is 0 Å². The normalized spacial score (nSPS) is 12.5. The second-order valence-corrected chi connectivity index (χ2v) is 6.01. The summed E-state index contributed by atoms with van der Waals surface area (Å²) >= 11 is 0. The monoisotopic (exact) mass is 308 g/mol. The highest BCUT2D eigenvalue weighted by Gasteiger charge is 2.11. The maximum absolute atomic E-state index is 11.9. The number of Topliss-reactive ketones (excluding diaryl/α,β-unsaturated/α-hetero) is 1. The number of unbranched alkanes of at least 4 members (excludes halogenated alkanes) is 3. The van der Waals surface area contributed by atoms with Crippen LogP contribution in [0, 0.1) is 0 Å². The zero-order chi connectivity index (χ0) is 16.0. The third-order valence-corrected chi connectivity index (χ3v) is 3.92. The summed E-state index contributed by atoms with van der Waals surface area (Å²) in [4.78, 5) is 15.9. The fourth-order valence-electron chi connectivity index (χ4n) is 2.53. The van der Waals surface area contributed by atoms with E-state index in [2.05, 4.69) is 18.8 Å². The van der Waals surface area contributed by atoms with Gasteiger partial charge in [0.15, 0.2) is 5.78 Å². The van der Waals surface area contributed by atoms with Crippen LogP contribution in [0.3, 0.4) is 0 Å². The molecule has 0 N–H and O–H groups in total. The molecule has 1 aromatic rings. The van der Waals surface area contributed by atoms with E-state index in [1.807, 2.05) is 10.8 Å². The Labute approximate surface area is 135 Å². The van der Waals surface area contributed by atoms with Gasteiger partial charge in [-0.1, -0.05) is 46.0 Å². The molecule has 126 valence electrons. The molecular weight excluding hydrogens is 276 g/mol. The molecule has 1 aromatic heterocycles. The van der Waals surface area contributed by atoms with E-state index in [1.165, 1.54) is 32.1 Å². The van der Waals surface area contributed by atoms with E-state index in [1.54, 1.807) is 12.5 Å². The van der Waals surface area contributed by atoms with Crippen molar-refractivity contribution < 1.29 is 9.53 Å². The molecule has 4 heteroatoms. The molecule has 0 bridgehead atoms. The average molecular weight is 308 g/mol. The Morgan fingerprint density at radius 2 is 1.91 bits per heavy atom. The average Bonchev–Trinajstić information content (AvgIpc) is 3.03. The highest BCUT2D eigenvalue weighted by Crippen LogP contribution is 2.13. The lowest BCUT2D eigenvalue weighted by atomic mass is 10.1. The van der Waals surface area contributed by atoms with Gasteiger partial charge in [0.25, 0.3) is 0 Å². The van der Waals surface area contributed by atoms with Crippen molar-refractivity contribution in [1.82, 2.24) is 9.55 Å². The van der Waals surface area contributed by atoms with Crippen LogP contribution in [-0.4, -0.2) is 28.0 Å².